The average Bonchev–Trinajstić information content (AvgIpc) is 2.31. The Labute approximate surface area is 84.4 Å². The fourth-order valence-electron chi connectivity index (χ4n) is 1.31. The Morgan fingerprint density at radius 1 is 1.38 bits per heavy atom. The molecule has 0 aliphatic carbocycles. The first-order chi connectivity index (χ1) is 5.88. The van der Waals surface area contributed by atoms with Gasteiger partial charge in [-0.1, -0.05) is 20.8 Å². The van der Waals surface area contributed by atoms with Crippen LogP contribution in [0.3, 0.4) is 0 Å². The number of hydrogen-bond donors (Lipinski definition) is 1. The highest BCUT2D eigenvalue weighted by Crippen LogP contribution is 2.32. The third-order valence-electron chi connectivity index (χ3n) is 1.90. The Kier molecular flexibility index (Phi) is 3.14. The molecule has 1 N–H and O–H groups in total. The summed E-state index contributed by atoms with van der Waals surface area (Å²) in [5, 5.41) is 9.88. The van der Waals surface area contributed by atoms with Gasteiger partial charge in [-0.05, 0) is 30.9 Å². The summed E-state index contributed by atoms with van der Waals surface area (Å²) in [5.74, 6) is 0. The standard InChI is InChI=1S/C11H18OS/c1-8-5-6-10(13-8)9(12)7-11(2,3)4/h5-6,9,12H,7H2,1-4H3. The van der Waals surface area contributed by atoms with E-state index in [1.54, 1.807) is 11.3 Å². The van der Waals surface area contributed by atoms with Crippen molar-refractivity contribution in [1.82, 2.24) is 0 Å². The summed E-state index contributed by atoms with van der Waals surface area (Å²) in [7, 11) is 0. The third-order valence-corrected chi connectivity index (χ3v) is 3.00. The first-order valence-electron chi connectivity index (χ1n) is 4.63. The van der Waals surface area contributed by atoms with Gasteiger partial charge in [-0.25, -0.2) is 0 Å². The van der Waals surface area contributed by atoms with E-state index in [1.807, 2.05) is 6.07 Å². The summed E-state index contributed by atoms with van der Waals surface area (Å²) in [6.07, 6.45) is 0.533. The van der Waals surface area contributed by atoms with Gasteiger partial charge in [0.1, 0.15) is 0 Å². The summed E-state index contributed by atoms with van der Waals surface area (Å²) in [4.78, 5) is 2.36. The van der Waals surface area contributed by atoms with E-state index >= 15 is 0 Å². The van der Waals surface area contributed by atoms with Crippen LogP contribution in [0.5, 0.6) is 0 Å². The molecule has 1 aromatic heterocycles. The summed E-state index contributed by atoms with van der Waals surface area (Å²) in [6.45, 7) is 8.52. The maximum absolute atomic E-state index is 9.88. The topological polar surface area (TPSA) is 20.2 Å². The van der Waals surface area contributed by atoms with E-state index in [0.717, 1.165) is 11.3 Å². The minimum absolute atomic E-state index is 0.192. The molecule has 0 bridgehead atoms. The van der Waals surface area contributed by atoms with E-state index in [9.17, 15) is 5.11 Å². The van der Waals surface area contributed by atoms with Crippen molar-refractivity contribution < 1.29 is 5.11 Å². The van der Waals surface area contributed by atoms with Crippen LogP contribution in [0, 0.1) is 12.3 Å². The SMILES string of the molecule is Cc1ccc(C(O)CC(C)(C)C)s1. The molecule has 0 amide bonds. The molecule has 2 heteroatoms. The molecular weight excluding hydrogens is 180 g/mol. The van der Waals surface area contributed by atoms with E-state index in [0.29, 0.717) is 0 Å². The Balaban J connectivity index is 2.64. The number of rotatable bonds is 2. The third kappa shape index (κ3) is 3.49. The van der Waals surface area contributed by atoms with Gasteiger partial charge in [0, 0.05) is 9.75 Å². The zero-order chi connectivity index (χ0) is 10.1. The fourth-order valence-corrected chi connectivity index (χ4v) is 2.18. The van der Waals surface area contributed by atoms with Crippen molar-refractivity contribution in [2.75, 3.05) is 0 Å². The molecule has 0 spiro atoms. The molecule has 13 heavy (non-hydrogen) atoms. The van der Waals surface area contributed by atoms with Crippen LogP contribution < -0.4 is 0 Å². The molecule has 0 aromatic carbocycles. The molecule has 1 nitrogen and oxygen atoms in total. The van der Waals surface area contributed by atoms with Crippen molar-refractivity contribution >= 4 is 11.3 Å². The van der Waals surface area contributed by atoms with Crippen molar-refractivity contribution in [2.24, 2.45) is 5.41 Å². The Bertz CT molecular complexity index is 270. The zero-order valence-electron chi connectivity index (χ0n) is 8.79. The Morgan fingerprint density at radius 3 is 2.38 bits per heavy atom. The number of aryl methyl sites for hydroxylation is 1. The summed E-state index contributed by atoms with van der Waals surface area (Å²) >= 11 is 1.69. The van der Waals surface area contributed by atoms with Crippen LogP contribution in [-0.2, 0) is 0 Å². The van der Waals surface area contributed by atoms with Crippen LogP contribution in [0.2, 0.25) is 0 Å². The van der Waals surface area contributed by atoms with Crippen LogP contribution in [0.25, 0.3) is 0 Å². The van der Waals surface area contributed by atoms with Crippen LogP contribution in [0.1, 0.15) is 43.1 Å². The van der Waals surface area contributed by atoms with Gasteiger partial charge in [-0.2, -0.15) is 0 Å². The van der Waals surface area contributed by atoms with Crippen LogP contribution in [-0.4, -0.2) is 5.11 Å². The van der Waals surface area contributed by atoms with Crippen molar-refractivity contribution in [2.45, 2.75) is 40.2 Å². The molecule has 0 aliphatic rings. The summed E-state index contributed by atoms with van der Waals surface area (Å²) < 4.78 is 0. The molecule has 0 saturated heterocycles. The predicted molar refractivity (Wildman–Crippen MR) is 58.1 cm³/mol. The molecule has 0 fully saturated rings. The summed E-state index contributed by atoms with van der Waals surface area (Å²) in [5.41, 5.74) is 0.192. The molecular formula is C11H18OS. The molecule has 1 unspecified atom stereocenters. The number of aliphatic hydroxyl groups excluding tert-OH is 1. The predicted octanol–water partition coefficient (Wildman–Crippen LogP) is 3.53. The first-order valence-corrected chi connectivity index (χ1v) is 5.44. The Morgan fingerprint density at radius 2 is 2.00 bits per heavy atom. The largest absolute Gasteiger partial charge is 0.388 e. The quantitative estimate of drug-likeness (QED) is 0.771. The molecule has 1 rings (SSSR count). The second-order valence-corrected chi connectivity index (χ2v) is 6.05. The first kappa shape index (κ1) is 10.7. The highest BCUT2D eigenvalue weighted by Gasteiger charge is 2.18. The molecule has 0 aliphatic heterocycles. The average molecular weight is 198 g/mol. The lowest BCUT2D eigenvalue weighted by Gasteiger charge is -2.21. The second-order valence-electron chi connectivity index (χ2n) is 4.73. The lowest BCUT2D eigenvalue weighted by molar-refractivity contribution is 0.125. The van der Waals surface area contributed by atoms with Gasteiger partial charge in [0.15, 0.2) is 0 Å². The van der Waals surface area contributed by atoms with E-state index in [1.165, 1.54) is 4.88 Å². The van der Waals surface area contributed by atoms with Gasteiger partial charge in [0.05, 0.1) is 6.10 Å². The Hall–Kier alpha value is -0.340. The summed E-state index contributed by atoms with van der Waals surface area (Å²) in [6, 6.07) is 4.09. The zero-order valence-corrected chi connectivity index (χ0v) is 9.61. The van der Waals surface area contributed by atoms with E-state index in [-0.39, 0.29) is 11.5 Å². The van der Waals surface area contributed by atoms with Crippen molar-refractivity contribution in [1.29, 1.82) is 0 Å². The highest BCUT2D eigenvalue weighted by molar-refractivity contribution is 7.12. The van der Waals surface area contributed by atoms with Gasteiger partial charge < -0.3 is 5.11 Å². The molecule has 74 valence electrons. The molecule has 0 saturated carbocycles. The van der Waals surface area contributed by atoms with Crippen molar-refractivity contribution in [3.63, 3.8) is 0 Å². The van der Waals surface area contributed by atoms with Gasteiger partial charge in [-0.15, -0.1) is 11.3 Å². The highest BCUT2D eigenvalue weighted by atomic mass is 32.1. The lowest BCUT2D eigenvalue weighted by Crippen LogP contribution is -2.10. The molecule has 1 aromatic rings. The fraction of sp³-hybridized carbons (Fsp3) is 0.636. The molecule has 1 heterocycles. The maximum atomic E-state index is 9.88. The van der Waals surface area contributed by atoms with Crippen molar-refractivity contribution in [3.8, 4) is 0 Å². The lowest BCUT2D eigenvalue weighted by atomic mass is 9.89. The van der Waals surface area contributed by atoms with Gasteiger partial charge in [0.25, 0.3) is 0 Å². The number of thiophene rings is 1. The monoisotopic (exact) mass is 198 g/mol. The smallest absolute Gasteiger partial charge is 0.0887 e. The van der Waals surface area contributed by atoms with Crippen molar-refractivity contribution in [3.05, 3.63) is 21.9 Å². The van der Waals surface area contributed by atoms with Crippen LogP contribution in [0.15, 0.2) is 12.1 Å². The van der Waals surface area contributed by atoms with Gasteiger partial charge in [-0.3, -0.25) is 0 Å². The van der Waals surface area contributed by atoms with E-state index in [2.05, 4.69) is 33.8 Å². The van der Waals surface area contributed by atoms with Crippen LogP contribution in [0.4, 0.5) is 0 Å². The normalized spacial score (nSPS) is 14.5. The maximum Gasteiger partial charge on any atom is 0.0887 e. The van der Waals surface area contributed by atoms with E-state index in [4.69, 9.17) is 0 Å². The number of aliphatic hydroxyl groups is 1. The minimum atomic E-state index is -0.293. The van der Waals surface area contributed by atoms with Crippen LogP contribution >= 0.6 is 11.3 Å². The van der Waals surface area contributed by atoms with Gasteiger partial charge in [0.2, 0.25) is 0 Å². The minimum Gasteiger partial charge on any atom is -0.388 e. The second kappa shape index (κ2) is 3.81. The number of hydrogen-bond acceptors (Lipinski definition) is 2. The van der Waals surface area contributed by atoms with Gasteiger partial charge >= 0.3 is 0 Å². The molecule has 0 radical (unpaired) electrons. The molecule has 1 atom stereocenters. The van der Waals surface area contributed by atoms with E-state index < -0.39 is 0 Å².